The van der Waals surface area contributed by atoms with Gasteiger partial charge in [-0.3, -0.25) is 4.79 Å². The molecule has 2 N–H and O–H groups in total. The van der Waals surface area contributed by atoms with Crippen molar-refractivity contribution in [1.82, 2.24) is 0 Å². The molecule has 0 unspecified atom stereocenters. The van der Waals surface area contributed by atoms with Crippen molar-refractivity contribution in [3.8, 4) is 5.75 Å². The first-order valence-corrected chi connectivity index (χ1v) is 5.84. The van der Waals surface area contributed by atoms with E-state index in [1.54, 1.807) is 25.1 Å². The summed E-state index contributed by atoms with van der Waals surface area (Å²) in [5.74, 6) is -0.753. The minimum absolute atomic E-state index is 0.00751. The van der Waals surface area contributed by atoms with Crippen molar-refractivity contribution in [1.29, 1.82) is 0 Å². The lowest BCUT2D eigenvalue weighted by molar-refractivity contribution is 0.102. The van der Waals surface area contributed by atoms with Crippen LogP contribution in [0.5, 0.6) is 5.75 Å². The molecular weight excluding hydrogens is 245 g/mol. The maximum atomic E-state index is 13.0. The monoisotopic (exact) mass is 259 g/mol. The summed E-state index contributed by atoms with van der Waals surface area (Å²) < 4.78 is 13.0. The summed E-state index contributed by atoms with van der Waals surface area (Å²) >= 11 is 0. The molecule has 0 heterocycles. The molecule has 19 heavy (non-hydrogen) atoms. The van der Waals surface area contributed by atoms with E-state index in [1.807, 2.05) is 6.92 Å². The fourth-order valence-electron chi connectivity index (χ4n) is 1.82. The maximum absolute atomic E-state index is 13.0. The number of hydrogen-bond donors (Lipinski definition) is 2. The predicted octanol–water partition coefficient (Wildman–Crippen LogP) is 3.40. The number of benzene rings is 2. The van der Waals surface area contributed by atoms with Gasteiger partial charge in [0.25, 0.3) is 5.91 Å². The maximum Gasteiger partial charge on any atom is 0.256 e. The van der Waals surface area contributed by atoms with Crippen LogP contribution in [0.1, 0.15) is 21.5 Å². The number of carbonyl (C=O) groups excluding carboxylic acids is 1. The fraction of sp³-hybridized carbons (Fsp3) is 0.133. The lowest BCUT2D eigenvalue weighted by Gasteiger charge is -2.09. The SMILES string of the molecule is Cc1ccc(NC(=O)c2ccc(F)cc2C)c(O)c1. The molecule has 0 saturated heterocycles. The number of nitrogens with one attached hydrogen (secondary N) is 1. The Morgan fingerprint density at radius 2 is 1.89 bits per heavy atom. The quantitative estimate of drug-likeness (QED) is 0.812. The Morgan fingerprint density at radius 1 is 1.16 bits per heavy atom. The van der Waals surface area contributed by atoms with Gasteiger partial charge in [0.2, 0.25) is 0 Å². The molecule has 0 radical (unpaired) electrons. The molecule has 3 nitrogen and oxygen atoms in total. The summed E-state index contributed by atoms with van der Waals surface area (Å²) in [6, 6.07) is 8.92. The third-order valence-electron chi connectivity index (χ3n) is 2.83. The average molecular weight is 259 g/mol. The number of phenolic OH excluding ortho intramolecular Hbond substituents is 1. The van der Waals surface area contributed by atoms with Gasteiger partial charge in [0.05, 0.1) is 5.69 Å². The van der Waals surface area contributed by atoms with Crippen LogP contribution in [-0.2, 0) is 0 Å². The molecule has 98 valence electrons. The fourth-order valence-corrected chi connectivity index (χ4v) is 1.82. The average Bonchev–Trinajstić information content (AvgIpc) is 2.32. The van der Waals surface area contributed by atoms with Crippen molar-refractivity contribution in [2.75, 3.05) is 5.32 Å². The van der Waals surface area contributed by atoms with Crippen LogP contribution < -0.4 is 5.32 Å². The summed E-state index contributed by atoms with van der Waals surface area (Å²) in [7, 11) is 0. The standard InChI is InChI=1S/C15H14FNO2/c1-9-3-6-13(14(18)7-9)17-15(19)12-5-4-11(16)8-10(12)2/h3-8,18H,1-2H3,(H,17,19). The van der Waals surface area contributed by atoms with E-state index in [9.17, 15) is 14.3 Å². The number of aromatic hydroxyl groups is 1. The van der Waals surface area contributed by atoms with Gasteiger partial charge in [-0.15, -0.1) is 0 Å². The lowest BCUT2D eigenvalue weighted by atomic mass is 10.1. The number of hydrogen-bond acceptors (Lipinski definition) is 2. The number of rotatable bonds is 2. The van der Waals surface area contributed by atoms with Gasteiger partial charge < -0.3 is 10.4 Å². The van der Waals surface area contributed by atoms with Crippen LogP contribution in [-0.4, -0.2) is 11.0 Å². The summed E-state index contributed by atoms with van der Waals surface area (Å²) in [5, 5.41) is 12.3. The Balaban J connectivity index is 2.25. The molecule has 0 aliphatic heterocycles. The van der Waals surface area contributed by atoms with E-state index in [4.69, 9.17) is 0 Å². The molecule has 0 bridgehead atoms. The van der Waals surface area contributed by atoms with Crippen LogP contribution in [0, 0.1) is 19.7 Å². The summed E-state index contributed by atoms with van der Waals surface area (Å²) in [5.41, 5.74) is 2.15. The Kier molecular flexibility index (Phi) is 3.51. The third-order valence-corrected chi connectivity index (χ3v) is 2.83. The number of anilines is 1. The second-order valence-electron chi connectivity index (χ2n) is 4.43. The highest BCUT2D eigenvalue weighted by Crippen LogP contribution is 2.24. The Bertz CT molecular complexity index is 638. The predicted molar refractivity (Wildman–Crippen MR) is 71.9 cm³/mol. The van der Waals surface area contributed by atoms with E-state index in [2.05, 4.69) is 5.32 Å². The third kappa shape index (κ3) is 2.91. The van der Waals surface area contributed by atoms with Crippen molar-refractivity contribution in [3.05, 3.63) is 58.9 Å². The Morgan fingerprint density at radius 3 is 2.53 bits per heavy atom. The molecule has 0 saturated carbocycles. The van der Waals surface area contributed by atoms with Gasteiger partial charge in [-0.2, -0.15) is 0 Å². The van der Waals surface area contributed by atoms with Crippen LogP contribution >= 0.6 is 0 Å². The van der Waals surface area contributed by atoms with E-state index in [0.717, 1.165) is 5.56 Å². The molecule has 0 aliphatic rings. The van der Waals surface area contributed by atoms with Crippen molar-refractivity contribution in [2.45, 2.75) is 13.8 Å². The van der Waals surface area contributed by atoms with Gasteiger partial charge in [0.1, 0.15) is 11.6 Å². The minimum atomic E-state index is -0.382. The Labute approximate surface area is 110 Å². The Hall–Kier alpha value is -2.36. The highest BCUT2D eigenvalue weighted by atomic mass is 19.1. The second kappa shape index (κ2) is 5.10. The van der Waals surface area contributed by atoms with Gasteiger partial charge in [-0.05, 0) is 55.3 Å². The first-order valence-electron chi connectivity index (χ1n) is 5.84. The van der Waals surface area contributed by atoms with Gasteiger partial charge in [-0.25, -0.2) is 4.39 Å². The van der Waals surface area contributed by atoms with Crippen LogP contribution in [0.25, 0.3) is 0 Å². The van der Waals surface area contributed by atoms with Crippen molar-refractivity contribution < 1.29 is 14.3 Å². The van der Waals surface area contributed by atoms with Crippen LogP contribution in [0.2, 0.25) is 0 Å². The topological polar surface area (TPSA) is 49.3 Å². The first-order chi connectivity index (χ1) is 8.97. The van der Waals surface area contributed by atoms with Crippen LogP contribution in [0.15, 0.2) is 36.4 Å². The smallest absolute Gasteiger partial charge is 0.256 e. The summed E-state index contributed by atoms with van der Waals surface area (Å²) in [6.45, 7) is 3.50. The normalized spacial score (nSPS) is 10.3. The van der Waals surface area contributed by atoms with Gasteiger partial charge in [-0.1, -0.05) is 6.07 Å². The molecule has 0 aliphatic carbocycles. The number of aryl methyl sites for hydroxylation is 2. The zero-order chi connectivity index (χ0) is 14.0. The zero-order valence-electron chi connectivity index (χ0n) is 10.7. The summed E-state index contributed by atoms with van der Waals surface area (Å²) in [6.07, 6.45) is 0. The van der Waals surface area contributed by atoms with E-state index in [1.165, 1.54) is 18.2 Å². The first kappa shape index (κ1) is 13.1. The molecule has 0 spiro atoms. The second-order valence-corrected chi connectivity index (χ2v) is 4.43. The molecule has 4 heteroatoms. The van der Waals surface area contributed by atoms with Gasteiger partial charge >= 0.3 is 0 Å². The van der Waals surface area contributed by atoms with Gasteiger partial charge in [0.15, 0.2) is 0 Å². The van der Waals surface area contributed by atoms with E-state index in [-0.39, 0.29) is 17.5 Å². The van der Waals surface area contributed by atoms with E-state index in [0.29, 0.717) is 16.8 Å². The minimum Gasteiger partial charge on any atom is -0.506 e. The highest BCUT2D eigenvalue weighted by molar-refractivity contribution is 6.05. The number of phenols is 1. The molecule has 0 atom stereocenters. The van der Waals surface area contributed by atoms with Crippen LogP contribution in [0.4, 0.5) is 10.1 Å². The molecule has 1 amide bonds. The lowest BCUT2D eigenvalue weighted by Crippen LogP contribution is -2.13. The summed E-state index contributed by atoms with van der Waals surface area (Å²) in [4.78, 5) is 12.0. The molecular formula is C15H14FNO2. The number of carbonyl (C=O) groups is 1. The van der Waals surface area contributed by atoms with Crippen molar-refractivity contribution in [2.24, 2.45) is 0 Å². The molecule has 0 aromatic heterocycles. The number of amides is 1. The molecule has 2 rings (SSSR count). The molecule has 0 fully saturated rings. The zero-order valence-corrected chi connectivity index (χ0v) is 10.7. The van der Waals surface area contributed by atoms with Gasteiger partial charge in [0, 0.05) is 5.56 Å². The van der Waals surface area contributed by atoms with Crippen LogP contribution in [0.3, 0.4) is 0 Å². The van der Waals surface area contributed by atoms with E-state index >= 15 is 0 Å². The van der Waals surface area contributed by atoms with Crippen molar-refractivity contribution in [3.63, 3.8) is 0 Å². The largest absolute Gasteiger partial charge is 0.506 e. The molecule has 2 aromatic rings. The molecule has 2 aromatic carbocycles. The number of halogens is 1. The van der Waals surface area contributed by atoms with Crippen molar-refractivity contribution >= 4 is 11.6 Å². The highest BCUT2D eigenvalue weighted by Gasteiger charge is 2.11. The van der Waals surface area contributed by atoms with E-state index < -0.39 is 0 Å².